The third-order valence-corrected chi connectivity index (χ3v) is 5.88. The Morgan fingerprint density at radius 3 is 2.70 bits per heavy atom. The SMILES string of the molecule is CC(C)CN(C(=O)COC(=O)/C=C/c1cccc(F)c1)[C@H]1CCS(=O)(=O)C1. The molecule has 1 saturated heterocycles. The second-order valence-corrected chi connectivity index (χ2v) is 9.22. The standard InChI is InChI=1S/C19H24FNO5S/c1-14(2)11-21(17-8-9-27(24,25)13-17)18(22)12-26-19(23)7-6-15-4-3-5-16(20)10-15/h3-7,10,14,17H,8-9,11-13H2,1-2H3/b7-6+/t17-/m0/s1. The van der Waals surface area contributed by atoms with Crippen LogP contribution in [0.4, 0.5) is 4.39 Å². The van der Waals surface area contributed by atoms with Gasteiger partial charge < -0.3 is 9.64 Å². The van der Waals surface area contributed by atoms with E-state index in [1.54, 1.807) is 6.07 Å². The topological polar surface area (TPSA) is 80.8 Å². The van der Waals surface area contributed by atoms with Crippen molar-refractivity contribution in [3.8, 4) is 0 Å². The molecule has 1 aromatic rings. The normalized spacial score (nSPS) is 18.7. The average Bonchev–Trinajstić information content (AvgIpc) is 2.95. The van der Waals surface area contributed by atoms with Crippen LogP contribution in [0.3, 0.4) is 0 Å². The molecule has 1 atom stereocenters. The van der Waals surface area contributed by atoms with Crippen molar-refractivity contribution < 1.29 is 27.1 Å². The van der Waals surface area contributed by atoms with E-state index in [1.165, 1.54) is 29.2 Å². The molecule has 0 saturated carbocycles. The van der Waals surface area contributed by atoms with Gasteiger partial charge in [0.25, 0.3) is 5.91 Å². The molecule has 0 spiro atoms. The first-order valence-corrected chi connectivity index (χ1v) is 10.6. The summed E-state index contributed by atoms with van der Waals surface area (Å²) in [5, 5.41) is 0. The molecule has 0 bridgehead atoms. The molecule has 0 N–H and O–H groups in total. The van der Waals surface area contributed by atoms with Crippen molar-refractivity contribution in [1.29, 1.82) is 0 Å². The zero-order chi connectivity index (χ0) is 20.0. The fraction of sp³-hybridized carbons (Fsp3) is 0.474. The van der Waals surface area contributed by atoms with Crippen molar-refractivity contribution in [2.45, 2.75) is 26.3 Å². The maximum absolute atomic E-state index is 13.1. The van der Waals surface area contributed by atoms with Gasteiger partial charge in [0, 0.05) is 18.7 Å². The number of sulfone groups is 1. The van der Waals surface area contributed by atoms with Crippen molar-refractivity contribution in [1.82, 2.24) is 4.90 Å². The number of carbonyl (C=O) groups excluding carboxylic acids is 2. The summed E-state index contributed by atoms with van der Waals surface area (Å²) in [6, 6.07) is 5.32. The molecule has 148 valence electrons. The molecule has 1 aromatic carbocycles. The zero-order valence-electron chi connectivity index (χ0n) is 15.4. The lowest BCUT2D eigenvalue weighted by Crippen LogP contribution is -2.45. The van der Waals surface area contributed by atoms with Gasteiger partial charge in [-0.1, -0.05) is 26.0 Å². The second kappa shape index (κ2) is 9.12. The van der Waals surface area contributed by atoms with Crippen LogP contribution in [0.1, 0.15) is 25.8 Å². The van der Waals surface area contributed by atoms with Crippen LogP contribution < -0.4 is 0 Å². The molecule has 0 radical (unpaired) electrons. The minimum absolute atomic E-state index is 0.0567. The van der Waals surface area contributed by atoms with Gasteiger partial charge in [-0.3, -0.25) is 4.79 Å². The molecule has 0 aliphatic carbocycles. The Morgan fingerprint density at radius 2 is 2.11 bits per heavy atom. The summed E-state index contributed by atoms with van der Waals surface area (Å²) in [6.07, 6.45) is 2.91. The van der Waals surface area contributed by atoms with Crippen molar-refractivity contribution in [3.63, 3.8) is 0 Å². The summed E-state index contributed by atoms with van der Waals surface area (Å²) in [4.78, 5) is 25.8. The number of carbonyl (C=O) groups is 2. The second-order valence-electron chi connectivity index (χ2n) is 6.99. The van der Waals surface area contributed by atoms with Crippen molar-refractivity contribution in [2.24, 2.45) is 5.92 Å². The van der Waals surface area contributed by atoms with Crippen LogP contribution in [0, 0.1) is 11.7 Å². The summed E-state index contributed by atoms with van der Waals surface area (Å²) < 4.78 is 41.5. The van der Waals surface area contributed by atoms with Crippen LogP contribution in [0.2, 0.25) is 0 Å². The first-order chi connectivity index (χ1) is 12.7. The fourth-order valence-electron chi connectivity index (χ4n) is 2.91. The van der Waals surface area contributed by atoms with Crippen LogP contribution in [0.25, 0.3) is 6.08 Å². The first-order valence-electron chi connectivity index (χ1n) is 8.76. The number of benzene rings is 1. The van der Waals surface area contributed by atoms with Gasteiger partial charge in [-0.05, 0) is 36.1 Å². The highest BCUT2D eigenvalue weighted by Crippen LogP contribution is 2.19. The molecule has 1 aliphatic rings. The first kappa shape index (κ1) is 21.1. The molecular formula is C19H24FNO5S. The van der Waals surface area contributed by atoms with Crippen LogP contribution in [0.5, 0.6) is 0 Å². The quantitative estimate of drug-likeness (QED) is 0.520. The van der Waals surface area contributed by atoms with Crippen molar-refractivity contribution in [2.75, 3.05) is 24.7 Å². The molecule has 6 nitrogen and oxygen atoms in total. The van der Waals surface area contributed by atoms with Gasteiger partial charge >= 0.3 is 5.97 Å². The van der Waals surface area contributed by atoms with E-state index in [4.69, 9.17) is 4.74 Å². The minimum atomic E-state index is -3.13. The van der Waals surface area contributed by atoms with Crippen LogP contribution >= 0.6 is 0 Å². The Labute approximate surface area is 158 Å². The van der Waals surface area contributed by atoms with Crippen LogP contribution in [0.15, 0.2) is 30.3 Å². The maximum Gasteiger partial charge on any atom is 0.331 e. The molecule has 1 amide bonds. The number of rotatable bonds is 7. The monoisotopic (exact) mass is 397 g/mol. The third-order valence-electron chi connectivity index (χ3n) is 4.13. The largest absolute Gasteiger partial charge is 0.452 e. The van der Waals surface area contributed by atoms with Gasteiger partial charge in [0.2, 0.25) is 0 Å². The van der Waals surface area contributed by atoms with E-state index in [0.717, 1.165) is 6.08 Å². The van der Waals surface area contributed by atoms with Gasteiger partial charge in [0.1, 0.15) is 5.82 Å². The number of hydrogen-bond donors (Lipinski definition) is 0. The minimum Gasteiger partial charge on any atom is -0.452 e. The summed E-state index contributed by atoms with van der Waals surface area (Å²) >= 11 is 0. The number of esters is 1. The van der Waals surface area contributed by atoms with E-state index in [-0.39, 0.29) is 23.5 Å². The molecule has 2 rings (SSSR count). The van der Waals surface area contributed by atoms with E-state index in [9.17, 15) is 22.4 Å². The lowest BCUT2D eigenvalue weighted by atomic mass is 10.1. The van der Waals surface area contributed by atoms with E-state index in [2.05, 4.69) is 0 Å². The van der Waals surface area contributed by atoms with Crippen LogP contribution in [-0.2, 0) is 24.2 Å². The third kappa shape index (κ3) is 6.78. The predicted molar refractivity (Wildman–Crippen MR) is 100 cm³/mol. The Bertz CT molecular complexity index is 819. The number of hydrogen-bond acceptors (Lipinski definition) is 5. The lowest BCUT2D eigenvalue weighted by Gasteiger charge is -2.29. The number of amides is 1. The summed E-state index contributed by atoms with van der Waals surface area (Å²) in [6.45, 7) is 3.79. The Balaban J connectivity index is 1.93. The molecule has 1 heterocycles. The highest BCUT2D eigenvalue weighted by Gasteiger charge is 2.35. The number of nitrogens with zero attached hydrogens (tertiary/aromatic N) is 1. The van der Waals surface area contributed by atoms with E-state index in [0.29, 0.717) is 18.5 Å². The Morgan fingerprint density at radius 1 is 1.37 bits per heavy atom. The van der Waals surface area contributed by atoms with Crippen molar-refractivity contribution >= 4 is 27.8 Å². The highest BCUT2D eigenvalue weighted by atomic mass is 32.2. The summed E-state index contributed by atoms with van der Waals surface area (Å²) in [5.41, 5.74) is 0.496. The molecule has 0 aromatic heterocycles. The molecule has 1 fully saturated rings. The predicted octanol–water partition coefficient (Wildman–Crippen LogP) is 2.05. The maximum atomic E-state index is 13.1. The highest BCUT2D eigenvalue weighted by molar-refractivity contribution is 7.91. The zero-order valence-corrected chi connectivity index (χ0v) is 16.2. The Hall–Kier alpha value is -2.22. The van der Waals surface area contributed by atoms with E-state index < -0.39 is 34.1 Å². The molecule has 27 heavy (non-hydrogen) atoms. The van der Waals surface area contributed by atoms with Gasteiger partial charge in [0.15, 0.2) is 16.4 Å². The lowest BCUT2D eigenvalue weighted by molar-refractivity contribution is -0.149. The number of halogens is 1. The average molecular weight is 397 g/mol. The smallest absolute Gasteiger partial charge is 0.331 e. The number of ether oxygens (including phenoxy) is 1. The van der Waals surface area contributed by atoms with E-state index >= 15 is 0 Å². The molecule has 8 heteroatoms. The molecule has 0 unspecified atom stereocenters. The van der Waals surface area contributed by atoms with Crippen LogP contribution in [-0.4, -0.2) is 55.9 Å². The Kier molecular flexibility index (Phi) is 7.12. The molecule has 1 aliphatic heterocycles. The fourth-order valence-corrected chi connectivity index (χ4v) is 4.64. The van der Waals surface area contributed by atoms with Gasteiger partial charge in [-0.2, -0.15) is 0 Å². The summed E-state index contributed by atoms with van der Waals surface area (Å²) in [7, 11) is -3.13. The van der Waals surface area contributed by atoms with E-state index in [1.807, 2.05) is 13.8 Å². The van der Waals surface area contributed by atoms with Gasteiger partial charge in [-0.25, -0.2) is 17.6 Å². The summed E-state index contributed by atoms with van der Waals surface area (Å²) in [5.74, 6) is -1.40. The molecular weight excluding hydrogens is 373 g/mol. The van der Waals surface area contributed by atoms with Crippen molar-refractivity contribution in [3.05, 3.63) is 41.7 Å². The van der Waals surface area contributed by atoms with Gasteiger partial charge in [0.05, 0.1) is 11.5 Å². The van der Waals surface area contributed by atoms with Gasteiger partial charge in [-0.15, -0.1) is 0 Å².